The van der Waals surface area contributed by atoms with Gasteiger partial charge in [0.25, 0.3) is 5.91 Å². The van der Waals surface area contributed by atoms with Crippen LogP contribution in [0.15, 0.2) is 65.7 Å². The Kier molecular flexibility index (Phi) is 8.56. The number of nitrogens with zero attached hydrogens (tertiary/aromatic N) is 4. The van der Waals surface area contributed by atoms with Crippen LogP contribution >= 0.6 is 0 Å². The molecule has 0 spiro atoms. The van der Waals surface area contributed by atoms with Crippen molar-refractivity contribution in [1.82, 2.24) is 10.3 Å². The van der Waals surface area contributed by atoms with E-state index in [-0.39, 0.29) is 36.2 Å². The maximum atomic E-state index is 15.6. The summed E-state index contributed by atoms with van der Waals surface area (Å²) in [5, 5.41) is 2.60. The maximum Gasteiger partial charge on any atom is 0.251 e. The Morgan fingerprint density at radius 3 is 2.34 bits per heavy atom. The van der Waals surface area contributed by atoms with Gasteiger partial charge in [-0.25, -0.2) is 8.78 Å². The molecular formula is C30H32F2N6O3. The third-order valence-electron chi connectivity index (χ3n) is 6.77. The van der Waals surface area contributed by atoms with Crippen molar-refractivity contribution < 1.29 is 23.0 Å². The number of aliphatic imine (C=N–C) groups is 1. The Balaban J connectivity index is 1.88. The number of pyridine rings is 1. The number of carbonyl (C=O) groups excluding carboxylic acids is 1. The number of carbonyl (C=O) groups is 1. The van der Waals surface area contributed by atoms with Crippen LogP contribution in [0.25, 0.3) is 5.57 Å². The van der Waals surface area contributed by atoms with Crippen LogP contribution in [0.5, 0.6) is 11.5 Å². The molecule has 0 atom stereocenters. The van der Waals surface area contributed by atoms with Crippen molar-refractivity contribution in [1.29, 1.82) is 0 Å². The second kappa shape index (κ2) is 12.1. The second-order valence-electron chi connectivity index (χ2n) is 9.30. The van der Waals surface area contributed by atoms with Gasteiger partial charge in [0.2, 0.25) is 0 Å². The summed E-state index contributed by atoms with van der Waals surface area (Å²) in [6.07, 6.45) is 3.27. The first kappa shape index (κ1) is 29.1. The fourth-order valence-corrected chi connectivity index (χ4v) is 4.62. The monoisotopic (exact) mass is 562 g/mol. The third-order valence-corrected chi connectivity index (χ3v) is 6.77. The molecule has 0 saturated carbocycles. The number of hydrogen-bond donors (Lipinski definition) is 2. The topological polar surface area (TPSA) is 105 Å². The van der Waals surface area contributed by atoms with E-state index in [2.05, 4.69) is 21.9 Å². The molecule has 3 N–H and O–H groups in total. The lowest BCUT2D eigenvalue weighted by Gasteiger charge is -2.41. The number of hydrogen-bond acceptors (Lipinski definition) is 8. The number of methoxy groups -OCH3 is 2. The number of rotatable bonds is 8. The summed E-state index contributed by atoms with van der Waals surface area (Å²) in [5.41, 5.74) is 10.3. The first-order valence-electron chi connectivity index (χ1n) is 12.7. The Bertz CT molecular complexity index is 1520. The van der Waals surface area contributed by atoms with Gasteiger partial charge < -0.3 is 30.3 Å². The fraction of sp³-hybridized carbons (Fsp3) is 0.233. The summed E-state index contributed by atoms with van der Waals surface area (Å²) in [4.78, 5) is 24.0. The summed E-state index contributed by atoms with van der Waals surface area (Å²) in [5.74, 6) is -2.03. The van der Waals surface area contributed by atoms with Crippen molar-refractivity contribution in [2.45, 2.75) is 20.0 Å². The van der Waals surface area contributed by atoms with E-state index in [4.69, 9.17) is 15.2 Å². The number of allylic oxidation sites excluding steroid dienone is 2. The average molecular weight is 563 g/mol. The molecule has 4 rings (SSSR count). The Labute approximate surface area is 237 Å². The second-order valence-corrected chi connectivity index (χ2v) is 9.30. The molecule has 1 amide bonds. The average Bonchev–Trinajstić information content (AvgIpc) is 2.97. The number of amides is 1. The Morgan fingerprint density at radius 2 is 1.80 bits per heavy atom. The number of aromatic nitrogens is 1. The van der Waals surface area contributed by atoms with E-state index in [1.165, 1.54) is 19.1 Å². The van der Waals surface area contributed by atoms with Gasteiger partial charge in [-0.1, -0.05) is 18.7 Å². The third kappa shape index (κ3) is 5.56. The van der Waals surface area contributed by atoms with Gasteiger partial charge in [0.15, 0.2) is 23.1 Å². The van der Waals surface area contributed by atoms with E-state index in [1.54, 1.807) is 45.6 Å². The van der Waals surface area contributed by atoms with Crippen molar-refractivity contribution in [3.05, 3.63) is 94.7 Å². The highest BCUT2D eigenvalue weighted by atomic mass is 19.1. The molecule has 0 bridgehead atoms. The predicted molar refractivity (Wildman–Crippen MR) is 156 cm³/mol. The van der Waals surface area contributed by atoms with E-state index in [0.717, 1.165) is 17.3 Å². The van der Waals surface area contributed by atoms with Gasteiger partial charge >= 0.3 is 0 Å². The molecule has 0 saturated heterocycles. The molecular weight excluding hydrogens is 530 g/mol. The highest BCUT2D eigenvalue weighted by Crippen LogP contribution is 2.43. The smallest absolute Gasteiger partial charge is 0.251 e. The zero-order valence-electron chi connectivity index (χ0n) is 23.6. The van der Waals surface area contributed by atoms with Crippen LogP contribution in [-0.2, 0) is 13.1 Å². The van der Waals surface area contributed by atoms with Crippen LogP contribution in [0.4, 0.5) is 20.2 Å². The molecule has 0 aliphatic carbocycles. The van der Waals surface area contributed by atoms with E-state index < -0.39 is 11.6 Å². The van der Waals surface area contributed by atoms with Crippen LogP contribution in [0.2, 0.25) is 0 Å². The van der Waals surface area contributed by atoms with Gasteiger partial charge in [0.1, 0.15) is 11.5 Å². The van der Waals surface area contributed by atoms with Crippen LogP contribution < -0.4 is 30.3 Å². The number of ether oxygens (including phenoxy) is 2. The molecule has 1 aliphatic rings. The molecule has 9 nitrogen and oxygen atoms in total. The maximum absolute atomic E-state index is 15.6. The van der Waals surface area contributed by atoms with Crippen LogP contribution in [0.3, 0.4) is 0 Å². The number of halogens is 2. The van der Waals surface area contributed by atoms with Crippen molar-refractivity contribution in [3.8, 4) is 11.5 Å². The largest absolute Gasteiger partial charge is 0.493 e. The standard InChI is InChI=1S/C30H32F2N6O3/c1-17(33)22(14-34-3)23-11-24-21(13-36-23)16-38(29-27(31)25(40-5)12-26(41-6)28(29)32)18(2)37(24)15-19-7-9-20(10-8-19)30(39)35-4/h7-14H,2,15-16,33H2,1,3-6H3,(H,35,39). The SMILES string of the molecule is C=C1N(Cc2ccc(C(=O)NC)cc2)c2cc(C(C=NC)=C(C)N)ncc2CN1c1c(F)c(OC)cc(OC)c1F. The summed E-state index contributed by atoms with van der Waals surface area (Å²) in [7, 11) is 5.79. The molecule has 214 valence electrons. The number of fused-ring (bicyclic) bond motifs is 1. The molecule has 41 heavy (non-hydrogen) atoms. The van der Waals surface area contributed by atoms with E-state index in [9.17, 15) is 4.79 Å². The molecule has 1 aliphatic heterocycles. The summed E-state index contributed by atoms with van der Waals surface area (Å²) < 4.78 is 41.6. The molecule has 2 aromatic carbocycles. The van der Waals surface area contributed by atoms with Crippen molar-refractivity contribution >= 4 is 29.1 Å². The van der Waals surface area contributed by atoms with Gasteiger partial charge in [-0.05, 0) is 30.7 Å². The van der Waals surface area contributed by atoms with Gasteiger partial charge in [0.05, 0.1) is 32.1 Å². The molecule has 11 heteroatoms. The number of nitrogens with two attached hydrogens (primary N) is 1. The highest BCUT2D eigenvalue weighted by Gasteiger charge is 2.33. The first-order valence-corrected chi connectivity index (χ1v) is 12.7. The van der Waals surface area contributed by atoms with E-state index in [0.29, 0.717) is 33.9 Å². The molecule has 0 fully saturated rings. The molecule has 0 radical (unpaired) electrons. The van der Waals surface area contributed by atoms with Crippen molar-refractivity contribution in [2.75, 3.05) is 38.1 Å². The highest BCUT2D eigenvalue weighted by molar-refractivity contribution is 6.10. The summed E-state index contributed by atoms with van der Waals surface area (Å²) in [6, 6.07) is 10.1. The normalized spacial score (nSPS) is 13.7. The molecule has 3 aromatic rings. The number of anilines is 2. The van der Waals surface area contributed by atoms with Gasteiger partial charge in [0, 0.05) is 61.5 Å². The van der Waals surface area contributed by atoms with E-state index >= 15 is 8.78 Å². The van der Waals surface area contributed by atoms with Crippen LogP contribution in [0, 0.1) is 11.6 Å². The minimum Gasteiger partial charge on any atom is -0.493 e. The summed E-state index contributed by atoms with van der Waals surface area (Å²) in [6.45, 7) is 6.33. The summed E-state index contributed by atoms with van der Waals surface area (Å²) >= 11 is 0. The number of nitrogens with one attached hydrogen (secondary N) is 1. The molecule has 2 heterocycles. The van der Waals surface area contributed by atoms with Gasteiger partial charge in [-0.15, -0.1) is 0 Å². The van der Waals surface area contributed by atoms with Crippen LogP contribution in [0.1, 0.15) is 34.1 Å². The lowest BCUT2D eigenvalue weighted by molar-refractivity contribution is 0.0963. The quantitative estimate of drug-likeness (QED) is 0.386. The van der Waals surface area contributed by atoms with Gasteiger partial charge in [-0.2, -0.15) is 0 Å². The van der Waals surface area contributed by atoms with Crippen molar-refractivity contribution in [2.24, 2.45) is 10.7 Å². The zero-order chi connectivity index (χ0) is 29.8. The first-order chi connectivity index (χ1) is 19.6. The Hall–Kier alpha value is -4.93. The lowest BCUT2D eigenvalue weighted by atomic mass is 10.0. The van der Waals surface area contributed by atoms with Crippen LogP contribution in [-0.4, -0.2) is 45.4 Å². The van der Waals surface area contributed by atoms with E-state index in [1.807, 2.05) is 23.1 Å². The molecule has 1 aromatic heterocycles. The van der Waals surface area contributed by atoms with Crippen molar-refractivity contribution in [3.63, 3.8) is 0 Å². The van der Waals surface area contributed by atoms with Gasteiger partial charge in [-0.3, -0.25) is 14.8 Å². The Morgan fingerprint density at radius 1 is 1.17 bits per heavy atom. The zero-order valence-corrected chi connectivity index (χ0v) is 23.6. The fourth-order valence-electron chi connectivity index (χ4n) is 4.62. The minimum atomic E-state index is -0.891. The predicted octanol–water partition coefficient (Wildman–Crippen LogP) is 4.62. The number of benzene rings is 2. The lowest BCUT2D eigenvalue weighted by Crippen LogP contribution is -2.40. The molecule has 0 unspecified atom stereocenters. The minimum absolute atomic E-state index is 0.0697.